The van der Waals surface area contributed by atoms with Crippen LogP contribution in [-0.4, -0.2) is 18.6 Å². The molecule has 96 valence electrons. The smallest absolute Gasteiger partial charge is 0.0304 e. The van der Waals surface area contributed by atoms with E-state index in [4.69, 9.17) is 5.73 Å². The molecule has 0 saturated heterocycles. The van der Waals surface area contributed by atoms with Crippen LogP contribution in [0.2, 0.25) is 0 Å². The van der Waals surface area contributed by atoms with E-state index in [0.717, 1.165) is 24.9 Å². The number of hydrogen-bond donors (Lipinski definition) is 2. The van der Waals surface area contributed by atoms with Crippen molar-refractivity contribution in [2.75, 3.05) is 13.1 Å². The Bertz CT molecular complexity index is 191. The normalized spacial score (nSPS) is 31.7. The summed E-state index contributed by atoms with van der Waals surface area (Å²) in [6, 6.07) is 0. The molecule has 1 rings (SSSR count). The first-order valence-corrected chi connectivity index (χ1v) is 7.08. The molecule has 1 saturated carbocycles. The van der Waals surface area contributed by atoms with Gasteiger partial charge in [0, 0.05) is 12.1 Å². The van der Waals surface area contributed by atoms with Crippen LogP contribution >= 0.6 is 0 Å². The fourth-order valence-corrected chi connectivity index (χ4v) is 2.94. The van der Waals surface area contributed by atoms with E-state index in [9.17, 15) is 0 Å². The minimum atomic E-state index is 0.250. The lowest BCUT2D eigenvalue weighted by Crippen LogP contribution is -2.51. The SMILES string of the molecule is CCCNC1(CN)CCCC(C(C)C)CC1. The lowest BCUT2D eigenvalue weighted by molar-refractivity contribution is 0.279. The molecule has 1 fully saturated rings. The number of nitrogens with one attached hydrogen (secondary N) is 1. The highest BCUT2D eigenvalue weighted by molar-refractivity contribution is 4.92. The maximum Gasteiger partial charge on any atom is 0.0304 e. The molecular weight excluding hydrogens is 196 g/mol. The summed E-state index contributed by atoms with van der Waals surface area (Å²) in [6.45, 7) is 8.87. The first-order chi connectivity index (χ1) is 7.63. The Morgan fingerprint density at radius 1 is 1.31 bits per heavy atom. The lowest BCUT2D eigenvalue weighted by atomic mass is 9.86. The van der Waals surface area contributed by atoms with Gasteiger partial charge in [-0.3, -0.25) is 0 Å². The molecule has 3 N–H and O–H groups in total. The summed E-state index contributed by atoms with van der Waals surface area (Å²) >= 11 is 0. The number of nitrogens with two attached hydrogens (primary N) is 1. The summed E-state index contributed by atoms with van der Waals surface area (Å²) in [5, 5.41) is 3.71. The lowest BCUT2D eigenvalue weighted by Gasteiger charge is -2.33. The summed E-state index contributed by atoms with van der Waals surface area (Å²) in [6.07, 6.45) is 7.84. The van der Waals surface area contributed by atoms with Gasteiger partial charge in [-0.1, -0.05) is 33.6 Å². The predicted molar refractivity (Wildman–Crippen MR) is 71.5 cm³/mol. The molecule has 1 aliphatic carbocycles. The van der Waals surface area contributed by atoms with Crippen molar-refractivity contribution >= 4 is 0 Å². The first kappa shape index (κ1) is 14.0. The van der Waals surface area contributed by atoms with Crippen LogP contribution in [0.3, 0.4) is 0 Å². The maximum atomic E-state index is 6.01. The van der Waals surface area contributed by atoms with Crippen LogP contribution in [-0.2, 0) is 0 Å². The van der Waals surface area contributed by atoms with Gasteiger partial charge < -0.3 is 11.1 Å². The molecule has 0 aliphatic heterocycles. The molecule has 2 nitrogen and oxygen atoms in total. The molecule has 2 heteroatoms. The van der Waals surface area contributed by atoms with Gasteiger partial charge in [-0.15, -0.1) is 0 Å². The first-order valence-electron chi connectivity index (χ1n) is 7.08. The van der Waals surface area contributed by atoms with Crippen molar-refractivity contribution in [3.8, 4) is 0 Å². The third-order valence-corrected chi connectivity index (χ3v) is 4.31. The fourth-order valence-electron chi connectivity index (χ4n) is 2.94. The van der Waals surface area contributed by atoms with Crippen molar-refractivity contribution in [2.24, 2.45) is 17.6 Å². The average Bonchev–Trinajstić information content (AvgIpc) is 2.49. The van der Waals surface area contributed by atoms with Gasteiger partial charge in [0.15, 0.2) is 0 Å². The van der Waals surface area contributed by atoms with E-state index in [-0.39, 0.29) is 5.54 Å². The molecule has 0 spiro atoms. The van der Waals surface area contributed by atoms with Gasteiger partial charge in [0.1, 0.15) is 0 Å². The molecule has 2 atom stereocenters. The highest BCUT2D eigenvalue weighted by Crippen LogP contribution is 2.33. The van der Waals surface area contributed by atoms with Crippen LogP contribution in [0.15, 0.2) is 0 Å². The monoisotopic (exact) mass is 226 g/mol. The van der Waals surface area contributed by atoms with E-state index < -0.39 is 0 Å². The Labute approximate surface area is 101 Å². The Morgan fingerprint density at radius 2 is 2.06 bits per heavy atom. The molecule has 0 aromatic heterocycles. The maximum absolute atomic E-state index is 6.01. The molecule has 0 amide bonds. The zero-order valence-electron chi connectivity index (χ0n) is 11.4. The van der Waals surface area contributed by atoms with E-state index in [1.54, 1.807) is 0 Å². The van der Waals surface area contributed by atoms with Gasteiger partial charge in [0.05, 0.1) is 0 Å². The van der Waals surface area contributed by atoms with Crippen LogP contribution in [0.5, 0.6) is 0 Å². The third-order valence-electron chi connectivity index (χ3n) is 4.31. The third kappa shape index (κ3) is 3.74. The van der Waals surface area contributed by atoms with Crippen molar-refractivity contribution in [2.45, 2.75) is 64.8 Å². The molecule has 2 unspecified atom stereocenters. The van der Waals surface area contributed by atoms with Crippen molar-refractivity contribution in [1.82, 2.24) is 5.32 Å². The van der Waals surface area contributed by atoms with E-state index in [1.807, 2.05) is 0 Å². The second-order valence-corrected chi connectivity index (χ2v) is 5.85. The standard InChI is InChI=1S/C14H30N2/c1-4-10-16-14(11-15)8-5-6-13(7-9-14)12(2)3/h12-13,16H,4-11,15H2,1-3H3. The summed E-state index contributed by atoms with van der Waals surface area (Å²) in [5.74, 6) is 1.75. The minimum Gasteiger partial charge on any atom is -0.329 e. The van der Waals surface area contributed by atoms with Crippen LogP contribution < -0.4 is 11.1 Å². The molecule has 0 aromatic rings. The quantitative estimate of drug-likeness (QED) is 0.707. The van der Waals surface area contributed by atoms with E-state index >= 15 is 0 Å². The molecule has 0 radical (unpaired) electrons. The zero-order chi connectivity index (χ0) is 12.0. The van der Waals surface area contributed by atoms with Gasteiger partial charge in [0.25, 0.3) is 0 Å². The Kier molecular flexibility index (Phi) is 5.77. The minimum absolute atomic E-state index is 0.250. The van der Waals surface area contributed by atoms with E-state index in [1.165, 1.54) is 38.5 Å². The molecule has 16 heavy (non-hydrogen) atoms. The second-order valence-electron chi connectivity index (χ2n) is 5.85. The van der Waals surface area contributed by atoms with Crippen molar-refractivity contribution < 1.29 is 0 Å². The van der Waals surface area contributed by atoms with Crippen molar-refractivity contribution in [1.29, 1.82) is 0 Å². The van der Waals surface area contributed by atoms with E-state index in [0.29, 0.717) is 0 Å². The summed E-state index contributed by atoms with van der Waals surface area (Å²) in [7, 11) is 0. The van der Waals surface area contributed by atoms with Gasteiger partial charge in [-0.2, -0.15) is 0 Å². The highest BCUT2D eigenvalue weighted by atomic mass is 15.0. The number of rotatable bonds is 5. The van der Waals surface area contributed by atoms with Crippen LogP contribution in [0.4, 0.5) is 0 Å². The fraction of sp³-hybridized carbons (Fsp3) is 1.00. The van der Waals surface area contributed by atoms with Crippen LogP contribution in [0, 0.1) is 11.8 Å². The van der Waals surface area contributed by atoms with Gasteiger partial charge >= 0.3 is 0 Å². The highest BCUT2D eigenvalue weighted by Gasteiger charge is 2.31. The van der Waals surface area contributed by atoms with Crippen molar-refractivity contribution in [3.63, 3.8) is 0 Å². The second kappa shape index (κ2) is 6.61. The molecular formula is C14H30N2. The molecule has 0 heterocycles. The zero-order valence-corrected chi connectivity index (χ0v) is 11.4. The predicted octanol–water partition coefficient (Wildman–Crippen LogP) is 2.92. The van der Waals surface area contributed by atoms with E-state index in [2.05, 4.69) is 26.1 Å². The van der Waals surface area contributed by atoms with Crippen molar-refractivity contribution in [3.05, 3.63) is 0 Å². The average molecular weight is 226 g/mol. The van der Waals surface area contributed by atoms with Gasteiger partial charge in [-0.05, 0) is 44.1 Å². The molecule has 1 aliphatic rings. The Hall–Kier alpha value is -0.0800. The summed E-state index contributed by atoms with van der Waals surface area (Å²) in [5.41, 5.74) is 6.26. The summed E-state index contributed by atoms with van der Waals surface area (Å²) in [4.78, 5) is 0. The molecule has 0 aromatic carbocycles. The molecule has 0 bridgehead atoms. The topological polar surface area (TPSA) is 38.0 Å². The number of hydrogen-bond acceptors (Lipinski definition) is 2. The van der Waals surface area contributed by atoms with Crippen LogP contribution in [0.1, 0.15) is 59.3 Å². The van der Waals surface area contributed by atoms with Gasteiger partial charge in [0.2, 0.25) is 0 Å². The largest absolute Gasteiger partial charge is 0.329 e. The summed E-state index contributed by atoms with van der Waals surface area (Å²) < 4.78 is 0. The van der Waals surface area contributed by atoms with Gasteiger partial charge in [-0.25, -0.2) is 0 Å². The Morgan fingerprint density at radius 3 is 2.62 bits per heavy atom. The Balaban J connectivity index is 2.53. The van der Waals surface area contributed by atoms with Crippen LogP contribution in [0.25, 0.3) is 0 Å².